The van der Waals surface area contributed by atoms with E-state index < -0.39 is 12.4 Å². The van der Waals surface area contributed by atoms with Crippen molar-refractivity contribution in [1.82, 2.24) is 0 Å². The Labute approximate surface area is 227 Å². The Kier molecular flexibility index (Phi) is 21.8. The summed E-state index contributed by atoms with van der Waals surface area (Å²) in [7, 11) is 1.63. The minimum absolute atomic E-state index is 0.306. The highest BCUT2D eigenvalue weighted by molar-refractivity contribution is 14.1. The first kappa shape index (κ1) is 32.2. The number of methoxy groups -OCH3 is 1. The fraction of sp³-hybridized carbons (Fsp3) is 1.00. The average Bonchev–Trinajstić information content (AvgIpc) is 2.83. The summed E-state index contributed by atoms with van der Waals surface area (Å²) in [4.78, 5) is 0. The van der Waals surface area contributed by atoms with Crippen molar-refractivity contribution in [2.24, 2.45) is 0 Å². The second kappa shape index (κ2) is 22.3. The summed E-state index contributed by atoms with van der Waals surface area (Å²) >= 11 is 4.59. The van der Waals surface area contributed by atoms with Crippen LogP contribution < -0.4 is 0 Å². The Morgan fingerprint density at radius 2 is 1.21 bits per heavy atom. The van der Waals surface area contributed by atoms with E-state index >= 15 is 0 Å². The Morgan fingerprint density at radius 1 is 0.636 bits per heavy atom. The third-order valence-electron chi connectivity index (χ3n) is 5.07. The summed E-state index contributed by atoms with van der Waals surface area (Å²) in [6.45, 7) is 9.34. The highest BCUT2D eigenvalue weighted by Gasteiger charge is 2.48. The SMILES string of the molecule is CCCCOC[C@H]1O[C@H](OC)[C@H](OCCOCCI)[C@@H](OCCOCCI)[C@@H]1OCCCC. The van der Waals surface area contributed by atoms with Crippen molar-refractivity contribution in [3.8, 4) is 0 Å². The number of unbranched alkanes of at least 4 members (excludes halogenated alkanes) is 2. The van der Waals surface area contributed by atoms with Crippen LogP contribution in [0.1, 0.15) is 39.5 Å². The molecule has 0 unspecified atom stereocenters. The topological polar surface area (TPSA) is 73.8 Å². The molecule has 1 rings (SSSR count). The van der Waals surface area contributed by atoms with Crippen LogP contribution in [0.25, 0.3) is 0 Å². The highest BCUT2D eigenvalue weighted by Crippen LogP contribution is 2.29. The van der Waals surface area contributed by atoms with E-state index in [2.05, 4.69) is 59.0 Å². The molecule has 1 aliphatic heterocycles. The van der Waals surface area contributed by atoms with Gasteiger partial charge in [-0.05, 0) is 12.8 Å². The molecule has 10 heteroatoms. The lowest BCUT2D eigenvalue weighted by Gasteiger charge is -2.45. The summed E-state index contributed by atoms with van der Waals surface area (Å²) in [5.41, 5.74) is 0. The summed E-state index contributed by atoms with van der Waals surface area (Å²) in [6.07, 6.45) is 2.09. The van der Waals surface area contributed by atoms with Crippen molar-refractivity contribution in [3.05, 3.63) is 0 Å². The van der Waals surface area contributed by atoms with Crippen LogP contribution in [0, 0.1) is 0 Å². The molecule has 0 N–H and O–H groups in total. The van der Waals surface area contributed by atoms with Crippen molar-refractivity contribution >= 4 is 45.2 Å². The first-order chi connectivity index (χ1) is 16.2. The average molecular weight is 702 g/mol. The van der Waals surface area contributed by atoms with E-state index in [4.69, 9.17) is 37.9 Å². The standard InChI is InChI=1S/C23H44I2O8/c1-4-6-10-29-18-19-20(30-11-7-5-2)21(31-16-14-27-12-8-24)22(23(26-3)33-19)32-17-15-28-13-9-25/h19-23H,4-18H2,1-3H3/t19-,20-,21+,22-,23+/m1/s1. The van der Waals surface area contributed by atoms with E-state index in [1.807, 2.05) is 0 Å². The van der Waals surface area contributed by atoms with Gasteiger partial charge >= 0.3 is 0 Å². The van der Waals surface area contributed by atoms with Gasteiger partial charge in [-0.25, -0.2) is 0 Å². The lowest BCUT2D eigenvalue weighted by atomic mass is 9.98. The zero-order valence-electron chi connectivity index (χ0n) is 20.5. The molecule has 1 saturated heterocycles. The Morgan fingerprint density at radius 3 is 1.79 bits per heavy atom. The zero-order valence-corrected chi connectivity index (χ0v) is 24.8. The van der Waals surface area contributed by atoms with Gasteiger partial charge in [-0.2, -0.15) is 0 Å². The molecule has 8 nitrogen and oxygen atoms in total. The Hall–Kier alpha value is 1.14. The van der Waals surface area contributed by atoms with Gasteiger partial charge in [0.05, 0.1) is 46.2 Å². The molecule has 0 bridgehead atoms. The van der Waals surface area contributed by atoms with Gasteiger partial charge in [0.1, 0.15) is 24.4 Å². The first-order valence-electron chi connectivity index (χ1n) is 12.1. The van der Waals surface area contributed by atoms with E-state index in [9.17, 15) is 0 Å². The Bertz CT molecular complexity index is 435. The zero-order chi connectivity index (χ0) is 24.2. The smallest absolute Gasteiger partial charge is 0.186 e. The molecule has 0 amide bonds. The van der Waals surface area contributed by atoms with Crippen molar-refractivity contribution < 1.29 is 37.9 Å². The number of hydrogen-bond donors (Lipinski definition) is 0. The van der Waals surface area contributed by atoms with E-state index in [1.54, 1.807) is 7.11 Å². The molecular weight excluding hydrogens is 658 g/mol. The first-order valence-corrected chi connectivity index (χ1v) is 15.2. The fourth-order valence-corrected chi connectivity index (χ4v) is 4.00. The summed E-state index contributed by atoms with van der Waals surface area (Å²) in [5, 5.41) is 0. The molecule has 5 atom stereocenters. The molecule has 0 aromatic carbocycles. The van der Waals surface area contributed by atoms with E-state index in [1.165, 1.54) is 0 Å². The lowest BCUT2D eigenvalue weighted by Crippen LogP contribution is -2.62. The van der Waals surface area contributed by atoms with Crippen molar-refractivity contribution in [2.45, 2.75) is 70.2 Å². The summed E-state index contributed by atoms with van der Waals surface area (Å²) < 4.78 is 49.8. The normalized spacial score (nSPS) is 25.5. The van der Waals surface area contributed by atoms with Gasteiger partial charge in [0, 0.05) is 29.2 Å². The van der Waals surface area contributed by atoms with Crippen molar-refractivity contribution in [1.29, 1.82) is 0 Å². The monoisotopic (exact) mass is 702 g/mol. The van der Waals surface area contributed by atoms with Gasteiger partial charge in [-0.3, -0.25) is 0 Å². The number of rotatable bonds is 22. The van der Waals surface area contributed by atoms with Crippen molar-refractivity contribution in [2.75, 3.05) is 75.4 Å². The number of alkyl halides is 2. The minimum Gasteiger partial charge on any atom is -0.379 e. The predicted molar refractivity (Wildman–Crippen MR) is 145 cm³/mol. The second-order valence-electron chi connectivity index (χ2n) is 7.67. The van der Waals surface area contributed by atoms with Crippen LogP contribution >= 0.6 is 45.2 Å². The molecule has 0 aliphatic carbocycles. The molecular formula is C23H44I2O8. The van der Waals surface area contributed by atoms with E-state index in [-0.39, 0.29) is 18.3 Å². The van der Waals surface area contributed by atoms with Crippen molar-refractivity contribution in [3.63, 3.8) is 0 Å². The molecule has 1 heterocycles. The number of ether oxygens (including phenoxy) is 8. The van der Waals surface area contributed by atoms with Crippen LogP contribution in [-0.2, 0) is 37.9 Å². The van der Waals surface area contributed by atoms with E-state index in [0.717, 1.165) is 34.5 Å². The van der Waals surface area contributed by atoms with Gasteiger partial charge in [0.2, 0.25) is 0 Å². The van der Waals surface area contributed by atoms with Gasteiger partial charge in [-0.15, -0.1) is 0 Å². The molecule has 0 saturated carbocycles. The molecule has 198 valence electrons. The maximum absolute atomic E-state index is 6.32. The molecule has 0 aromatic rings. The molecule has 0 radical (unpaired) electrons. The molecule has 1 aliphatic rings. The van der Waals surface area contributed by atoms with Crippen LogP contribution in [-0.4, -0.2) is 106 Å². The van der Waals surface area contributed by atoms with Gasteiger partial charge in [-0.1, -0.05) is 71.9 Å². The van der Waals surface area contributed by atoms with Crippen LogP contribution in [0.5, 0.6) is 0 Å². The van der Waals surface area contributed by atoms with Gasteiger partial charge in [0.15, 0.2) is 6.29 Å². The minimum atomic E-state index is -0.583. The largest absolute Gasteiger partial charge is 0.379 e. The van der Waals surface area contributed by atoms with Gasteiger partial charge < -0.3 is 37.9 Å². The molecule has 0 aromatic heterocycles. The van der Waals surface area contributed by atoms with Crippen LogP contribution in [0.3, 0.4) is 0 Å². The van der Waals surface area contributed by atoms with Crippen LogP contribution in [0.2, 0.25) is 0 Å². The summed E-state index contributed by atoms with van der Waals surface area (Å²) in [5.74, 6) is 0. The molecule has 1 fully saturated rings. The number of halogens is 2. The predicted octanol–water partition coefficient (Wildman–Crippen LogP) is 4.03. The third-order valence-corrected chi connectivity index (χ3v) is 5.96. The summed E-state index contributed by atoms with van der Waals surface area (Å²) in [6, 6.07) is 0. The van der Waals surface area contributed by atoms with Gasteiger partial charge in [0.25, 0.3) is 0 Å². The van der Waals surface area contributed by atoms with Crippen LogP contribution in [0.15, 0.2) is 0 Å². The van der Waals surface area contributed by atoms with Crippen LogP contribution in [0.4, 0.5) is 0 Å². The fourth-order valence-electron chi connectivity index (χ4n) is 3.38. The third kappa shape index (κ3) is 13.9. The molecule has 0 spiro atoms. The lowest BCUT2D eigenvalue weighted by molar-refractivity contribution is -0.319. The second-order valence-corrected chi connectivity index (χ2v) is 9.83. The quantitative estimate of drug-likeness (QED) is 0.0953. The highest BCUT2D eigenvalue weighted by atomic mass is 127. The Balaban J connectivity index is 2.90. The van der Waals surface area contributed by atoms with E-state index in [0.29, 0.717) is 59.5 Å². The maximum atomic E-state index is 6.32. The number of hydrogen-bond acceptors (Lipinski definition) is 8. The molecule has 33 heavy (non-hydrogen) atoms. The maximum Gasteiger partial charge on any atom is 0.186 e.